The third-order valence-corrected chi connectivity index (χ3v) is 3.16. The number of hydrogen-bond donors (Lipinski definition) is 2. The Morgan fingerprint density at radius 1 is 1.40 bits per heavy atom. The minimum atomic E-state index is -0.322. The zero-order chi connectivity index (χ0) is 14.8. The first kappa shape index (κ1) is 14.9. The van der Waals surface area contributed by atoms with E-state index in [1.54, 1.807) is 0 Å². The summed E-state index contributed by atoms with van der Waals surface area (Å²) < 4.78 is 11.3. The van der Waals surface area contributed by atoms with Crippen LogP contribution in [-0.4, -0.2) is 29.3 Å². The van der Waals surface area contributed by atoms with Gasteiger partial charge in [0.1, 0.15) is 11.4 Å². The van der Waals surface area contributed by atoms with Gasteiger partial charge >= 0.3 is 0 Å². The van der Waals surface area contributed by atoms with Gasteiger partial charge < -0.3 is 20.5 Å². The number of pyridine rings is 1. The highest BCUT2D eigenvalue weighted by atomic mass is 16.5. The molecule has 0 aromatic carbocycles. The van der Waals surface area contributed by atoms with Gasteiger partial charge in [-0.1, -0.05) is 0 Å². The highest BCUT2D eigenvalue weighted by Gasteiger charge is 2.28. The molecule has 0 amide bonds. The Labute approximate surface area is 120 Å². The Morgan fingerprint density at radius 2 is 2.15 bits per heavy atom. The van der Waals surface area contributed by atoms with Crippen LogP contribution >= 0.6 is 0 Å². The fraction of sp³-hybridized carbons (Fsp3) is 0.667. The summed E-state index contributed by atoms with van der Waals surface area (Å²) in [6.45, 7) is 9.60. The van der Waals surface area contributed by atoms with Gasteiger partial charge in [0.2, 0.25) is 5.88 Å². The van der Waals surface area contributed by atoms with E-state index in [1.807, 2.05) is 32.9 Å². The molecule has 1 aliphatic heterocycles. The second kappa shape index (κ2) is 5.48. The molecule has 0 bridgehead atoms. The van der Waals surface area contributed by atoms with Gasteiger partial charge in [-0.25, -0.2) is 0 Å². The predicted molar refractivity (Wildman–Crippen MR) is 81.1 cm³/mol. The van der Waals surface area contributed by atoms with E-state index in [9.17, 15) is 0 Å². The molecule has 2 heterocycles. The molecule has 20 heavy (non-hydrogen) atoms. The fourth-order valence-corrected chi connectivity index (χ4v) is 2.23. The molecule has 3 N–H and O–H groups in total. The zero-order valence-electron chi connectivity index (χ0n) is 12.8. The summed E-state index contributed by atoms with van der Waals surface area (Å²) in [5.74, 6) is 1.24. The van der Waals surface area contributed by atoms with Gasteiger partial charge in [-0.05, 0) is 52.7 Å². The number of nitrogens with one attached hydrogen (secondary N) is 1. The van der Waals surface area contributed by atoms with Crippen molar-refractivity contribution in [3.63, 3.8) is 0 Å². The Bertz CT molecular complexity index is 463. The van der Waals surface area contributed by atoms with E-state index < -0.39 is 0 Å². The lowest BCUT2D eigenvalue weighted by atomic mass is 9.95. The smallest absolute Gasteiger partial charge is 0.239 e. The topological polar surface area (TPSA) is 69.4 Å². The first-order valence-electron chi connectivity index (χ1n) is 7.09. The van der Waals surface area contributed by atoms with Crippen molar-refractivity contribution < 1.29 is 9.47 Å². The van der Waals surface area contributed by atoms with Crippen LogP contribution in [0.25, 0.3) is 0 Å². The number of ether oxygens (including phenoxy) is 2. The molecule has 1 aromatic rings. The SMILES string of the molecule is CC1(Nc2ccc(N)c(OC(C)(C)C)n2)CCCOC1. The van der Waals surface area contributed by atoms with Gasteiger partial charge in [-0.3, -0.25) is 0 Å². The van der Waals surface area contributed by atoms with Crippen LogP contribution in [0, 0.1) is 0 Å². The van der Waals surface area contributed by atoms with Gasteiger partial charge in [-0.2, -0.15) is 4.98 Å². The number of nitrogen functional groups attached to an aromatic ring is 1. The second-order valence-electron chi connectivity index (χ2n) is 6.65. The van der Waals surface area contributed by atoms with E-state index in [0.717, 1.165) is 25.3 Å². The van der Waals surface area contributed by atoms with Crippen LogP contribution in [0.1, 0.15) is 40.5 Å². The lowest BCUT2D eigenvalue weighted by molar-refractivity contribution is 0.0538. The summed E-state index contributed by atoms with van der Waals surface area (Å²) in [6, 6.07) is 3.70. The van der Waals surface area contributed by atoms with Crippen molar-refractivity contribution in [2.75, 3.05) is 24.3 Å². The van der Waals surface area contributed by atoms with E-state index >= 15 is 0 Å². The maximum Gasteiger partial charge on any atom is 0.239 e. The van der Waals surface area contributed by atoms with E-state index in [2.05, 4.69) is 17.2 Å². The first-order chi connectivity index (χ1) is 9.27. The van der Waals surface area contributed by atoms with Crippen LogP contribution in [-0.2, 0) is 4.74 Å². The summed E-state index contributed by atoms with van der Waals surface area (Å²) in [7, 11) is 0. The number of nitrogens with zero attached hydrogens (tertiary/aromatic N) is 1. The quantitative estimate of drug-likeness (QED) is 0.890. The molecule has 1 saturated heterocycles. The van der Waals surface area contributed by atoms with Gasteiger partial charge in [0.25, 0.3) is 0 Å². The molecule has 1 aromatic heterocycles. The van der Waals surface area contributed by atoms with Crippen LogP contribution < -0.4 is 15.8 Å². The Morgan fingerprint density at radius 3 is 2.75 bits per heavy atom. The predicted octanol–water partition coefficient (Wildman–Crippen LogP) is 2.82. The van der Waals surface area contributed by atoms with Crippen molar-refractivity contribution in [3.8, 4) is 5.88 Å². The summed E-state index contributed by atoms with van der Waals surface area (Å²) in [4.78, 5) is 4.48. The van der Waals surface area contributed by atoms with E-state index in [1.165, 1.54) is 0 Å². The van der Waals surface area contributed by atoms with Crippen LogP contribution in [0.5, 0.6) is 5.88 Å². The van der Waals surface area contributed by atoms with E-state index in [0.29, 0.717) is 18.2 Å². The number of hydrogen-bond acceptors (Lipinski definition) is 5. The minimum absolute atomic E-state index is 0.0830. The maximum atomic E-state index is 5.92. The van der Waals surface area contributed by atoms with Gasteiger partial charge in [0, 0.05) is 6.61 Å². The fourth-order valence-electron chi connectivity index (χ4n) is 2.23. The highest BCUT2D eigenvalue weighted by molar-refractivity contribution is 5.54. The molecule has 1 unspecified atom stereocenters. The van der Waals surface area contributed by atoms with E-state index in [-0.39, 0.29) is 11.1 Å². The molecular weight excluding hydrogens is 254 g/mol. The third-order valence-electron chi connectivity index (χ3n) is 3.16. The van der Waals surface area contributed by atoms with Crippen molar-refractivity contribution in [1.29, 1.82) is 0 Å². The average molecular weight is 279 g/mol. The highest BCUT2D eigenvalue weighted by Crippen LogP contribution is 2.28. The summed E-state index contributed by atoms with van der Waals surface area (Å²) in [5.41, 5.74) is 6.07. The summed E-state index contributed by atoms with van der Waals surface area (Å²) >= 11 is 0. The van der Waals surface area contributed by atoms with Crippen molar-refractivity contribution in [2.24, 2.45) is 0 Å². The largest absolute Gasteiger partial charge is 0.470 e. The number of anilines is 2. The first-order valence-corrected chi connectivity index (χ1v) is 7.09. The van der Waals surface area contributed by atoms with Crippen LogP contribution in [0.2, 0.25) is 0 Å². The molecule has 5 nitrogen and oxygen atoms in total. The minimum Gasteiger partial charge on any atom is -0.470 e. The number of nitrogens with two attached hydrogens (primary N) is 1. The van der Waals surface area contributed by atoms with Crippen molar-refractivity contribution in [3.05, 3.63) is 12.1 Å². The van der Waals surface area contributed by atoms with Crippen molar-refractivity contribution in [2.45, 2.75) is 51.7 Å². The molecule has 0 spiro atoms. The molecule has 0 saturated carbocycles. The summed E-state index contributed by atoms with van der Waals surface area (Å²) in [6.07, 6.45) is 2.12. The molecular formula is C15H25N3O2. The Balaban J connectivity index is 2.14. The molecule has 1 aliphatic rings. The van der Waals surface area contributed by atoms with E-state index in [4.69, 9.17) is 15.2 Å². The Hall–Kier alpha value is -1.49. The number of aromatic nitrogens is 1. The van der Waals surface area contributed by atoms with Gasteiger partial charge in [0.15, 0.2) is 0 Å². The number of rotatable bonds is 3. The standard InChI is InChI=1S/C15H25N3O2/c1-14(2,3)20-13-11(16)6-7-12(17-13)18-15(4)8-5-9-19-10-15/h6-7H,5,8-10,16H2,1-4H3,(H,17,18). The molecule has 112 valence electrons. The molecule has 0 aliphatic carbocycles. The van der Waals surface area contributed by atoms with Crippen LogP contribution in [0.3, 0.4) is 0 Å². The van der Waals surface area contributed by atoms with Gasteiger partial charge in [0.05, 0.1) is 17.8 Å². The normalized spacial score (nSPS) is 23.4. The zero-order valence-corrected chi connectivity index (χ0v) is 12.8. The lowest BCUT2D eigenvalue weighted by Gasteiger charge is -2.35. The lowest BCUT2D eigenvalue weighted by Crippen LogP contribution is -2.43. The Kier molecular flexibility index (Phi) is 4.09. The molecule has 5 heteroatoms. The average Bonchev–Trinajstić information content (AvgIpc) is 2.32. The van der Waals surface area contributed by atoms with Crippen molar-refractivity contribution in [1.82, 2.24) is 4.98 Å². The molecule has 1 fully saturated rings. The molecule has 2 rings (SSSR count). The van der Waals surface area contributed by atoms with Crippen molar-refractivity contribution >= 4 is 11.5 Å². The molecule has 1 atom stereocenters. The van der Waals surface area contributed by atoms with Gasteiger partial charge in [-0.15, -0.1) is 0 Å². The second-order valence-corrected chi connectivity index (χ2v) is 6.65. The monoisotopic (exact) mass is 279 g/mol. The third kappa shape index (κ3) is 4.00. The van der Waals surface area contributed by atoms with Crippen LogP contribution in [0.15, 0.2) is 12.1 Å². The summed E-state index contributed by atoms with van der Waals surface area (Å²) in [5, 5.41) is 3.44. The maximum absolute atomic E-state index is 5.92. The van der Waals surface area contributed by atoms with Crippen LogP contribution in [0.4, 0.5) is 11.5 Å². The molecule has 0 radical (unpaired) electrons.